The van der Waals surface area contributed by atoms with Crippen molar-refractivity contribution in [2.75, 3.05) is 26.2 Å². The molecule has 0 radical (unpaired) electrons. The van der Waals surface area contributed by atoms with Crippen LogP contribution in [0.1, 0.15) is 47.0 Å². The van der Waals surface area contributed by atoms with Crippen LogP contribution >= 0.6 is 0 Å². The summed E-state index contributed by atoms with van der Waals surface area (Å²) in [6.45, 7) is 13.5. The SMILES string of the molecule is CCCC1CN(C2CC(OCC)C2(C)C)CCN1. The van der Waals surface area contributed by atoms with Gasteiger partial charge in [0.05, 0.1) is 6.10 Å². The lowest BCUT2D eigenvalue weighted by molar-refractivity contribution is -0.153. The molecule has 0 bridgehead atoms. The first-order valence-electron chi connectivity index (χ1n) is 7.68. The van der Waals surface area contributed by atoms with Crippen LogP contribution in [0.15, 0.2) is 0 Å². The fraction of sp³-hybridized carbons (Fsp3) is 1.00. The Kier molecular flexibility index (Phi) is 4.68. The van der Waals surface area contributed by atoms with Crippen LogP contribution in [-0.4, -0.2) is 49.3 Å². The molecule has 1 heterocycles. The van der Waals surface area contributed by atoms with E-state index < -0.39 is 0 Å². The molecular formula is C15H30N2O. The second kappa shape index (κ2) is 5.89. The van der Waals surface area contributed by atoms with Crippen LogP contribution in [0.25, 0.3) is 0 Å². The van der Waals surface area contributed by atoms with E-state index in [1.54, 1.807) is 0 Å². The van der Waals surface area contributed by atoms with E-state index >= 15 is 0 Å². The van der Waals surface area contributed by atoms with E-state index in [4.69, 9.17) is 4.74 Å². The van der Waals surface area contributed by atoms with Crippen molar-refractivity contribution in [3.63, 3.8) is 0 Å². The maximum atomic E-state index is 5.85. The molecule has 2 aliphatic rings. The minimum Gasteiger partial charge on any atom is -0.378 e. The van der Waals surface area contributed by atoms with Gasteiger partial charge in [0, 0.05) is 43.7 Å². The molecule has 0 aromatic carbocycles. The zero-order chi connectivity index (χ0) is 13.2. The van der Waals surface area contributed by atoms with Crippen LogP contribution in [0, 0.1) is 5.41 Å². The Morgan fingerprint density at radius 3 is 2.72 bits per heavy atom. The third-order valence-electron chi connectivity index (χ3n) is 4.86. The number of hydrogen-bond acceptors (Lipinski definition) is 3. The number of nitrogens with one attached hydrogen (secondary N) is 1. The maximum absolute atomic E-state index is 5.85. The molecule has 3 unspecified atom stereocenters. The molecule has 1 aliphatic carbocycles. The second-order valence-corrected chi connectivity index (χ2v) is 6.45. The molecule has 3 atom stereocenters. The Bertz CT molecular complexity index is 265. The predicted molar refractivity (Wildman–Crippen MR) is 75.9 cm³/mol. The predicted octanol–water partition coefficient (Wildman–Crippen LogP) is 2.26. The highest BCUT2D eigenvalue weighted by Crippen LogP contribution is 2.46. The lowest BCUT2D eigenvalue weighted by Gasteiger charge is -2.57. The summed E-state index contributed by atoms with van der Waals surface area (Å²) in [6, 6.07) is 1.42. The molecule has 0 spiro atoms. The summed E-state index contributed by atoms with van der Waals surface area (Å²) in [5.41, 5.74) is 0.324. The summed E-state index contributed by atoms with van der Waals surface area (Å²) in [5.74, 6) is 0. The van der Waals surface area contributed by atoms with Crippen LogP contribution in [0.3, 0.4) is 0 Å². The fourth-order valence-corrected chi connectivity index (χ4v) is 3.64. The number of hydrogen-bond donors (Lipinski definition) is 1. The highest BCUT2D eigenvalue weighted by atomic mass is 16.5. The number of rotatable bonds is 5. The quantitative estimate of drug-likeness (QED) is 0.814. The van der Waals surface area contributed by atoms with Crippen LogP contribution < -0.4 is 5.32 Å². The monoisotopic (exact) mass is 254 g/mol. The van der Waals surface area contributed by atoms with Crippen LogP contribution in [0.4, 0.5) is 0 Å². The molecule has 0 aromatic rings. The maximum Gasteiger partial charge on any atom is 0.0655 e. The summed E-state index contributed by atoms with van der Waals surface area (Å²) in [7, 11) is 0. The topological polar surface area (TPSA) is 24.5 Å². The van der Waals surface area contributed by atoms with Gasteiger partial charge in [-0.2, -0.15) is 0 Å². The molecular weight excluding hydrogens is 224 g/mol. The number of ether oxygens (including phenoxy) is 1. The fourth-order valence-electron chi connectivity index (χ4n) is 3.64. The molecule has 0 amide bonds. The minimum absolute atomic E-state index is 0.324. The second-order valence-electron chi connectivity index (χ2n) is 6.45. The summed E-state index contributed by atoms with van der Waals surface area (Å²) < 4.78 is 5.85. The van der Waals surface area contributed by atoms with Crippen molar-refractivity contribution < 1.29 is 4.74 Å². The average Bonchev–Trinajstić information content (AvgIpc) is 2.35. The van der Waals surface area contributed by atoms with E-state index in [0.717, 1.165) is 19.2 Å². The summed E-state index contributed by atoms with van der Waals surface area (Å²) >= 11 is 0. The zero-order valence-corrected chi connectivity index (χ0v) is 12.5. The highest BCUT2D eigenvalue weighted by molar-refractivity contribution is 5.05. The van der Waals surface area contributed by atoms with Crippen LogP contribution in [0.5, 0.6) is 0 Å². The van der Waals surface area contributed by atoms with Crippen molar-refractivity contribution in [2.45, 2.75) is 65.1 Å². The lowest BCUT2D eigenvalue weighted by Crippen LogP contribution is -2.66. The van der Waals surface area contributed by atoms with E-state index in [2.05, 4.69) is 37.9 Å². The first-order valence-corrected chi connectivity index (χ1v) is 7.68. The van der Waals surface area contributed by atoms with Crippen LogP contribution in [0.2, 0.25) is 0 Å². The van der Waals surface area contributed by atoms with Gasteiger partial charge in [-0.1, -0.05) is 27.2 Å². The van der Waals surface area contributed by atoms with Gasteiger partial charge in [-0.3, -0.25) is 4.90 Å². The van der Waals surface area contributed by atoms with Gasteiger partial charge in [-0.25, -0.2) is 0 Å². The third-order valence-corrected chi connectivity index (χ3v) is 4.86. The van der Waals surface area contributed by atoms with Gasteiger partial charge in [-0.05, 0) is 19.8 Å². The van der Waals surface area contributed by atoms with Gasteiger partial charge in [0.1, 0.15) is 0 Å². The summed E-state index contributed by atoms with van der Waals surface area (Å²) in [6.07, 6.45) is 4.27. The van der Waals surface area contributed by atoms with Gasteiger partial charge < -0.3 is 10.1 Å². The largest absolute Gasteiger partial charge is 0.378 e. The summed E-state index contributed by atoms with van der Waals surface area (Å²) in [5, 5.41) is 3.64. The molecule has 3 nitrogen and oxygen atoms in total. The van der Waals surface area contributed by atoms with Crippen molar-refractivity contribution in [3.8, 4) is 0 Å². The summed E-state index contributed by atoms with van der Waals surface area (Å²) in [4.78, 5) is 2.70. The molecule has 106 valence electrons. The zero-order valence-electron chi connectivity index (χ0n) is 12.5. The van der Waals surface area contributed by atoms with Gasteiger partial charge in [0.2, 0.25) is 0 Å². The van der Waals surface area contributed by atoms with E-state index in [0.29, 0.717) is 17.6 Å². The average molecular weight is 254 g/mol. The molecule has 1 aliphatic heterocycles. The van der Waals surface area contributed by atoms with Crippen molar-refractivity contribution in [1.29, 1.82) is 0 Å². The van der Waals surface area contributed by atoms with E-state index in [-0.39, 0.29) is 0 Å². The van der Waals surface area contributed by atoms with Gasteiger partial charge in [0.25, 0.3) is 0 Å². The van der Waals surface area contributed by atoms with Crippen LogP contribution in [-0.2, 0) is 4.74 Å². The number of nitrogens with zero attached hydrogens (tertiary/aromatic N) is 1. The number of piperazine rings is 1. The van der Waals surface area contributed by atoms with Crippen molar-refractivity contribution >= 4 is 0 Å². The van der Waals surface area contributed by atoms with Crippen molar-refractivity contribution in [2.24, 2.45) is 5.41 Å². The molecule has 2 rings (SSSR count). The van der Waals surface area contributed by atoms with Gasteiger partial charge >= 0.3 is 0 Å². The minimum atomic E-state index is 0.324. The molecule has 1 saturated carbocycles. The Balaban J connectivity index is 1.88. The third kappa shape index (κ3) is 2.73. The van der Waals surface area contributed by atoms with Crippen molar-refractivity contribution in [3.05, 3.63) is 0 Å². The highest BCUT2D eigenvalue weighted by Gasteiger charge is 2.51. The smallest absolute Gasteiger partial charge is 0.0655 e. The molecule has 18 heavy (non-hydrogen) atoms. The van der Waals surface area contributed by atoms with E-state index in [9.17, 15) is 0 Å². The normalized spacial score (nSPS) is 36.3. The van der Waals surface area contributed by atoms with E-state index in [1.807, 2.05) is 0 Å². The standard InChI is InChI=1S/C15H30N2O/c1-5-7-12-11-17(9-8-16-12)13-10-14(18-6-2)15(13,3)4/h12-14,16H,5-11H2,1-4H3. The van der Waals surface area contributed by atoms with Gasteiger partial charge in [-0.15, -0.1) is 0 Å². The lowest BCUT2D eigenvalue weighted by atomic mass is 9.63. The Labute approximate surface area is 112 Å². The Morgan fingerprint density at radius 2 is 2.11 bits per heavy atom. The molecule has 0 aromatic heterocycles. The Hall–Kier alpha value is -0.120. The first kappa shape index (κ1) is 14.3. The first-order chi connectivity index (χ1) is 8.59. The molecule has 1 saturated heterocycles. The van der Waals surface area contributed by atoms with E-state index in [1.165, 1.54) is 32.4 Å². The van der Waals surface area contributed by atoms with Gasteiger partial charge in [0.15, 0.2) is 0 Å². The van der Waals surface area contributed by atoms with Crippen molar-refractivity contribution in [1.82, 2.24) is 10.2 Å². The molecule has 1 N–H and O–H groups in total. The Morgan fingerprint density at radius 1 is 1.33 bits per heavy atom. The molecule has 2 fully saturated rings. The molecule has 3 heteroatoms.